The SMILES string of the molecule is O=C(C1CCC1)N1CCCCN2[C@@H](CO)[C@H](c3ccc(Br)cc3)[C@@H]2C1. The van der Waals surface area contributed by atoms with Crippen LogP contribution in [-0.2, 0) is 4.79 Å². The summed E-state index contributed by atoms with van der Waals surface area (Å²) in [7, 11) is 0. The molecule has 1 aromatic rings. The maximum absolute atomic E-state index is 12.8. The van der Waals surface area contributed by atoms with Gasteiger partial charge in [0.2, 0.25) is 5.91 Å². The summed E-state index contributed by atoms with van der Waals surface area (Å²) in [6.07, 6.45) is 5.52. The van der Waals surface area contributed by atoms with Crippen LogP contribution in [0.15, 0.2) is 28.7 Å². The van der Waals surface area contributed by atoms with E-state index in [9.17, 15) is 9.90 Å². The molecule has 4 rings (SSSR count). The Hall–Kier alpha value is -0.910. The maximum Gasteiger partial charge on any atom is 0.225 e. The zero-order valence-electron chi connectivity index (χ0n) is 14.6. The quantitative estimate of drug-likeness (QED) is 0.838. The standard InChI is InChI=1S/C20H27BrN2O2/c21-16-8-6-14(7-9-16)19-17-12-22(20(25)15-4-3-5-15)10-1-2-11-23(17)18(19)13-24/h6-9,15,17-19,24H,1-5,10-13H2/t17-,18-,19+/m0/s1. The molecule has 5 heteroatoms. The highest BCUT2D eigenvalue weighted by molar-refractivity contribution is 9.10. The van der Waals surface area contributed by atoms with E-state index in [1.54, 1.807) is 0 Å². The molecule has 2 aliphatic heterocycles. The normalized spacial score (nSPS) is 30.6. The number of carbonyl (C=O) groups excluding carboxylic acids is 1. The molecule has 1 aromatic carbocycles. The van der Waals surface area contributed by atoms with Gasteiger partial charge in [0.05, 0.1) is 6.61 Å². The van der Waals surface area contributed by atoms with E-state index in [-0.39, 0.29) is 18.6 Å². The smallest absolute Gasteiger partial charge is 0.225 e. The second kappa shape index (κ2) is 7.37. The molecule has 4 nitrogen and oxygen atoms in total. The van der Waals surface area contributed by atoms with Crippen LogP contribution in [0.2, 0.25) is 0 Å². The lowest BCUT2D eigenvalue weighted by Gasteiger charge is -2.57. The van der Waals surface area contributed by atoms with Crippen LogP contribution >= 0.6 is 15.9 Å². The predicted molar refractivity (Wildman–Crippen MR) is 101 cm³/mol. The molecule has 0 unspecified atom stereocenters. The van der Waals surface area contributed by atoms with Crippen LogP contribution in [0, 0.1) is 5.92 Å². The second-order valence-electron chi connectivity index (χ2n) is 7.75. The molecule has 2 heterocycles. The lowest BCUT2D eigenvalue weighted by atomic mass is 9.74. The Morgan fingerprint density at radius 2 is 1.84 bits per heavy atom. The highest BCUT2D eigenvalue weighted by Gasteiger charge is 2.49. The minimum Gasteiger partial charge on any atom is -0.395 e. The first-order chi connectivity index (χ1) is 12.2. The highest BCUT2D eigenvalue weighted by Crippen LogP contribution is 2.42. The maximum atomic E-state index is 12.8. The Morgan fingerprint density at radius 1 is 1.12 bits per heavy atom. The minimum absolute atomic E-state index is 0.185. The molecule has 0 bridgehead atoms. The zero-order valence-corrected chi connectivity index (χ0v) is 16.2. The van der Waals surface area contributed by atoms with Crippen molar-refractivity contribution in [1.29, 1.82) is 0 Å². The van der Waals surface area contributed by atoms with Crippen molar-refractivity contribution in [1.82, 2.24) is 9.80 Å². The van der Waals surface area contributed by atoms with E-state index in [2.05, 4.69) is 50.0 Å². The fourth-order valence-corrected chi connectivity index (χ4v) is 5.00. The molecule has 1 amide bonds. The third-order valence-corrected chi connectivity index (χ3v) is 6.92. The first kappa shape index (κ1) is 17.5. The van der Waals surface area contributed by atoms with Crippen LogP contribution in [0.3, 0.4) is 0 Å². The van der Waals surface area contributed by atoms with Gasteiger partial charge in [-0.1, -0.05) is 34.5 Å². The van der Waals surface area contributed by atoms with Gasteiger partial charge >= 0.3 is 0 Å². The zero-order chi connectivity index (χ0) is 17.4. The fourth-order valence-electron chi connectivity index (χ4n) is 4.74. The number of aliphatic hydroxyl groups is 1. The Bertz CT molecular complexity index is 617. The van der Waals surface area contributed by atoms with Gasteiger partial charge < -0.3 is 10.0 Å². The number of aliphatic hydroxyl groups excluding tert-OH is 1. The molecule has 1 N–H and O–H groups in total. The van der Waals surface area contributed by atoms with E-state index in [1.165, 1.54) is 12.0 Å². The molecular weight excluding hydrogens is 380 g/mol. The topological polar surface area (TPSA) is 43.8 Å². The molecule has 3 fully saturated rings. The van der Waals surface area contributed by atoms with Crippen molar-refractivity contribution in [2.24, 2.45) is 5.92 Å². The van der Waals surface area contributed by atoms with E-state index >= 15 is 0 Å². The summed E-state index contributed by atoms with van der Waals surface area (Å²) in [6, 6.07) is 8.99. The van der Waals surface area contributed by atoms with Gasteiger partial charge in [-0.2, -0.15) is 0 Å². The summed E-state index contributed by atoms with van der Waals surface area (Å²) in [5, 5.41) is 9.95. The first-order valence-corrected chi connectivity index (χ1v) is 10.4. The average molecular weight is 407 g/mol. The van der Waals surface area contributed by atoms with Gasteiger partial charge in [-0.25, -0.2) is 0 Å². The monoisotopic (exact) mass is 406 g/mol. The van der Waals surface area contributed by atoms with Crippen LogP contribution in [0.4, 0.5) is 0 Å². The van der Waals surface area contributed by atoms with Gasteiger partial charge in [0.15, 0.2) is 0 Å². The lowest BCUT2D eigenvalue weighted by Crippen LogP contribution is -2.68. The summed E-state index contributed by atoms with van der Waals surface area (Å²) in [5.41, 5.74) is 1.28. The lowest BCUT2D eigenvalue weighted by molar-refractivity contribution is -0.143. The van der Waals surface area contributed by atoms with Gasteiger partial charge in [-0.15, -0.1) is 0 Å². The van der Waals surface area contributed by atoms with Crippen LogP contribution in [0.1, 0.15) is 43.6 Å². The molecule has 25 heavy (non-hydrogen) atoms. The van der Waals surface area contributed by atoms with E-state index in [1.807, 2.05) is 0 Å². The molecule has 136 valence electrons. The van der Waals surface area contributed by atoms with E-state index in [0.717, 1.165) is 49.8 Å². The summed E-state index contributed by atoms with van der Waals surface area (Å²) < 4.78 is 1.08. The summed E-state index contributed by atoms with van der Waals surface area (Å²) in [6.45, 7) is 2.94. The van der Waals surface area contributed by atoms with Gasteiger partial charge in [-0.05, 0) is 49.9 Å². The van der Waals surface area contributed by atoms with Crippen molar-refractivity contribution < 1.29 is 9.90 Å². The minimum atomic E-state index is 0.185. The third-order valence-electron chi connectivity index (χ3n) is 6.39. The van der Waals surface area contributed by atoms with E-state index in [0.29, 0.717) is 17.9 Å². The van der Waals surface area contributed by atoms with E-state index < -0.39 is 0 Å². The van der Waals surface area contributed by atoms with Crippen LogP contribution in [0.5, 0.6) is 0 Å². The molecule has 3 aliphatic rings. The Balaban J connectivity index is 1.55. The Labute approximate surface area is 158 Å². The van der Waals surface area contributed by atoms with Gasteiger partial charge in [0, 0.05) is 41.5 Å². The van der Waals surface area contributed by atoms with Crippen LogP contribution in [-0.4, -0.2) is 59.1 Å². The largest absolute Gasteiger partial charge is 0.395 e. The van der Waals surface area contributed by atoms with Crippen molar-refractivity contribution in [3.05, 3.63) is 34.3 Å². The Kier molecular flexibility index (Phi) is 5.16. The number of benzene rings is 1. The first-order valence-electron chi connectivity index (χ1n) is 9.60. The summed E-state index contributed by atoms with van der Waals surface area (Å²) in [5.74, 6) is 0.954. The molecule has 0 aromatic heterocycles. The molecular formula is C20H27BrN2O2. The molecule has 3 atom stereocenters. The van der Waals surface area contributed by atoms with Crippen LogP contribution in [0.25, 0.3) is 0 Å². The molecule has 2 saturated heterocycles. The molecule has 0 radical (unpaired) electrons. The molecule has 1 saturated carbocycles. The number of hydrogen-bond donors (Lipinski definition) is 1. The number of carbonyl (C=O) groups is 1. The van der Waals surface area contributed by atoms with Gasteiger partial charge in [0.1, 0.15) is 0 Å². The van der Waals surface area contributed by atoms with Crippen molar-refractivity contribution in [3.8, 4) is 0 Å². The summed E-state index contributed by atoms with van der Waals surface area (Å²) >= 11 is 3.50. The number of nitrogens with zero attached hydrogens (tertiary/aromatic N) is 2. The number of halogens is 1. The highest BCUT2D eigenvalue weighted by atomic mass is 79.9. The van der Waals surface area contributed by atoms with Gasteiger partial charge in [-0.3, -0.25) is 9.69 Å². The average Bonchev–Trinajstić information content (AvgIpc) is 2.53. The third kappa shape index (κ3) is 3.26. The number of rotatable bonds is 3. The number of amides is 1. The number of hydrogen-bond acceptors (Lipinski definition) is 3. The molecule has 0 spiro atoms. The predicted octanol–water partition coefficient (Wildman–Crippen LogP) is 3.00. The Morgan fingerprint density at radius 3 is 2.48 bits per heavy atom. The van der Waals surface area contributed by atoms with Crippen molar-refractivity contribution in [3.63, 3.8) is 0 Å². The fraction of sp³-hybridized carbons (Fsp3) is 0.650. The molecule has 1 aliphatic carbocycles. The van der Waals surface area contributed by atoms with Crippen molar-refractivity contribution >= 4 is 21.8 Å². The van der Waals surface area contributed by atoms with E-state index in [4.69, 9.17) is 0 Å². The summed E-state index contributed by atoms with van der Waals surface area (Å²) in [4.78, 5) is 17.4. The van der Waals surface area contributed by atoms with Gasteiger partial charge in [0.25, 0.3) is 0 Å². The van der Waals surface area contributed by atoms with Crippen LogP contribution < -0.4 is 0 Å². The van der Waals surface area contributed by atoms with Crippen molar-refractivity contribution in [2.45, 2.75) is 50.1 Å². The number of fused-ring (bicyclic) bond motifs is 1. The second-order valence-corrected chi connectivity index (χ2v) is 8.67. The van der Waals surface area contributed by atoms with Crippen molar-refractivity contribution in [2.75, 3.05) is 26.2 Å².